The van der Waals surface area contributed by atoms with Gasteiger partial charge in [0.1, 0.15) is 0 Å². The van der Waals surface area contributed by atoms with E-state index >= 15 is 0 Å². The van der Waals surface area contributed by atoms with Gasteiger partial charge >= 0.3 is 0 Å². The van der Waals surface area contributed by atoms with E-state index in [1.165, 1.54) is 4.68 Å². The highest BCUT2D eigenvalue weighted by atomic mass is 16.3. The van der Waals surface area contributed by atoms with Crippen LogP contribution < -0.4 is 16.6 Å². The summed E-state index contributed by atoms with van der Waals surface area (Å²) in [5, 5.41) is 17.1. The number of nitrogens with one attached hydrogen (secondary N) is 2. The van der Waals surface area contributed by atoms with Crippen LogP contribution in [0.3, 0.4) is 0 Å². The minimum absolute atomic E-state index is 0.230. The molecule has 2 heterocycles. The second-order valence-corrected chi connectivity index (χ2v) is 4.81. The molecule has 1 fully saturated rings. The summed E-state index contributed by atoms with van der Waals surface area (Å²) in [4.78, 5) is 12.5. The zero-order valence-electron chi connectivity index (χ0n) is 10.8. The van der Waals surface area contributed by atoms with Gasteiger partial charge in [-0.05, 0) is 25.3 Å². The van der Waals surface area contributed by atoms with Gasteiger partial charge in [-0.1, -0.05) is 0 Å². The summed E-state index contributed by atoms with van der Waals surface area (Å²) in [5.41, 5.74) is 1.73. The molecule has 0 saturated heterocycles. The zero-order valence-corrected chi connectivity index (χ0v) is 10.8. The van der Waals surface area contributed by atoms with Crippen molar-refractivity contribution >= 4 is 11.9 Å². The van der Waals surface area contributed by atoms with Gasteiger partial charge in [-0.15, -0.1) is 0 Å². The molecule has 0 radical (unpaired) electrons. The summed E-state index contributed by atoms with van der Waals surface area (Å²) in [6.07, 6.45) is 5.98. The number of nitrogen functional groups attached to an aromatic ring is 1. The van der Waals surface area contributed by atoms with Crippen molar-refractivity contribution in [2.75, 3.05) is 17.3 Å². The minimum Gasteiger partial charge on any atom is -0.388 e. The molecule has 20 heavy (non-hydrogen) atoms. The largest absolute Gasteiger partial charge is 0.388 e. The Morgan fingerprint density at radius 3 is 2.70 bits per heavy atom. The van der Waals surface area contributed by atoms with Crippen LogP contribution in [0.25, 0.3) is 5.95 Å². The third-order valence-corrected chi connectivity index (χ3v) is 3.32. The first-order valence-corrected chi connectivity index (χ1v) is 6.37. The minimum atomic E-state index is -0.658. The molecular weight excluding hydrogens is 260 g/mol. The number of hydrogen-bond donors (Lipinski definition) is 4. The van der Waals surface area contributed by atoms with E-state index in [1.54, 1.807) is 18.5 Å². The Labute approximate surface area is 115 Å². The van der Waals surface area contributed by atoms with E-state index in [-0.39, 0.29) is 5.95 Å². The van der Waals surface area contributed by atoms with Crippen LogP contribution in [0.2, 0.25) is 0 Å². The van der Waals surface area contributed by atoms with E-state index in [0.29, 0.717) is 18.4 Å². The average molecular weight is 276 g/mol. The maximum atomic E-state index is 10.1. The molecule has 0 unspecified atom stereocenters. The van der Waals surface area contributed by atoms with Gasteiger partial charge < -0.3 is 10.4 Å². The molecule has 106 valence electrons. The molecule has 2 aromatic heterocycles. The van der Waals surface area contributed by atoms with Gasteiger partial charge in [-0.3, -0.25) is 5.43 Å². The van der Waals surface area contributed by atoms with Gasteiger partial charge in [0.25, 0.3) is 5.95 Å². The van der Waals surface area contributed by atoms with Gasteiger partial charge in [0, 0.05) is 18.9 Å². The molecule has 1 saturated carbocycles. The second-order valence-electron chi connectivity index (χ2n) is 4.81. The molecule has 9 heteroatoms. The molecule has 0 aliphatic heterocycles. The predicted molar refractivity (Wildman–Crippen MR) is 72.0 cm³/mol. The highest BCUT2D eigenvalue weighted by Crippen LogP contribution is 2.31. The molecule has 0 spiro atoms. The Morgan fingerprint density at radius 2 is 2.10 bits per heavy atom. The van der Waals surface area contributed by atoms with Crippen LogP contribution in [0.5, 0.6) is 0 Å². The first kappa shape index (κ1) is 12.8. The summed E-state index contributed by atoms with van der Waals surface area (Å²) in [6, 6.07) is 1.77. The molecule has 2 aromatic rings. The lowest BCUT2D eigenvalue weighted by molar-refractivity contribution is -0.0203. The molecule has 9 nitrogen and oxygen atoms in total. The van der Waals surface area contributed by atoms with Crippen molar-refractivity contribution in [3.8, 4) is 5.95 Å². The molecule has 3 rings (SSSR count). The van der Waals surface area contributed by atoms with E-state index in [4.69, 9.17) is 5.84 Å². The Hall–Kier alpha value is -2.26. The number of aliphatic hydroxyl groups is 1. The van der Waals surface area contributed by atoms with Gasteiger partial charge in [-0.25, -0.2) is 10.5 Å². The Kier molecular flexibility index (Phi) is 3.20. The number of aromatic nitrogens is 5. The quantitative estimate of drug-likeness (QED) is 0.432. The van der Waals surface area contributed by atoms with Crippen molar-refractivity contribution < 1.29 is 5.11 Å². The first-order valence-electron chi connectivity index (χ1n) is 6.37. The van der Waals surface area contributed by atoms with Crippen LogP contribution in [0, 0.1) is 0 Å². The monoisotopic (exact) mass is 276 g/mol. The van der Waals surface area contributed by atoms with Crippen molar-refractivity contribution in [3.63, 3.8) is 0 Å². The van der Waals surface area contributed by atoms with Gasteiger partial charge in [0.15, 0.2) is 0 Å². The lowest BCUT2D eigenvalue weighted by Crippen LogP contribution is -2.43. The molecule has 1 aliphatic carbocycles. The Balaban J connectivity index is 1.81. The van der Waals surface area contributed by atoms with E-state index in [2.05, 4.69) is 30.8 Å². The molecular formula is C11H16N8O. The molecule has 0 atom stereocenters. The highest BCUT2D eigenvalue weighted by molar-refractivity contribution is 5.37. The van der Waals surface area contributed by atoms with Gasteiger partial charge in [0.05, 0.1) is 5.60 Å². The van der Waals surface area contributed by atoms with Crippen molar-refractivity contribution in [2.45, 2.75) is 24.9 Å². The number of hydrogen-bond acceptors (Lipinski definition) is 8. The highest BCUT2D eigenvalue weighted by Gasteiger charge is 2.34. The summed E-state index contributed by atoms with van der Waals surface area (Å²) in [5.74, 6) is 6.28. The van der Waals surface area contributed by atoms with E-state index in [0.717, 1.165) is 19.3 Å². The van der Waals surface area contributed by atoms with Crippen molar-refractivity contribution in [1.82, 2.24) is 24.7 Å². The van der Waals surface area contributed by atoms with Crippen LogP contribution in [0.1, 0.15) is 19.3 Å². The third kappa shape index (κ3) is 2.53. The average Bonchev–Trinajstić information content (AvgIpc) is 2.97. The molecule has 0 amide bonds. The first-order chi connectivity index (χ1) is 9.68. The van der Waals surface area contributed by atoms with Crippen LogP contribution in [0.15, 0.2) is 18.5 Å². The Morgan fingerprint density at radius 1 is 1.30 bits per heavy atom. The van der Waals surface area contributed by atoms with Gasteiger partial charge in [-0.2, -0.15) is 20.1 Å². The summed E-state index contributed by atoms with van der Waals surface area (Å²) in [6.45, 7) is 0.402. The predicted octanol–water partition coefficient (Wildman–Crippen LogP) is -0.330. The molecule has 1 aliphatic rings. The lowest BCUT2D eigenvalue weighted by atomic mass is 9.80. The topological polar surface area (TPSA) is 127 Å². The molecule has 5 N–H and O–H groups in total. The number of nitrogens with zero attached hydrogens (tertiary/aromatic N) is 5. The Bertz CT molecular complexity index is 580. The standard InChI is InChI=1S/C11H16N8O/c12-18-9-15-8(13-7-11(20)3-1-4-11)16-10(17-9)19-6-2-5-14-19/h2,5-6,20H,1,3-4,7,12H2,(H2,13,15,16,17,18). The maximum Gasteiger partial charge on any atom is 0.257 e. The van der Waals surface area contributed by atoms with E-state index in [1.807, 2.05) is 0 Å². The zero-order chi connectivity index (χ0) is 14.0. The normalized spacial score (nSPS) is 16.5. The third-order valence-electron chi connectivity index (χ3n) is 3.32. The SMILES string of the molecule is NNc1nc(NCC2(O)CCC2)nc(-n2cccn2)n1. The second kappa shape index (κ2) is 5.02. The number of anilines is 2. The van der Waals surface area contributed by atoms with Crippen LogP contribution in [-0.2, 0) is 0 Å². The van der Waals surface area contributed by atoms with Crippen LogP contribution in [-0.4, -0.2) is 42.0 Å². The van der Waals surface area contributed by atoms with Crippen LogP contribution in [0.4, 0.5) is 11.9 Å². The summed E-state index contributed by atoms with van der Waals surface area (Å²) < 4.78 is 1.51. The van der Waals surface area contributed by atoms with Crippen LogP contribution >= 0.6 is 0 Å². The van der Waals surface area contributed by atoms with E-state index in [9.17, 15) is 5.11 Å². The van der Waals surface area contributed by atoms with Crippen molar-refractivity contribution in [1.29, 1.82) is 0 Å². The van der Waals surface area contributed by atoms with E-state index < -0.39 is 5.60 Å². The van der Waals surface area contributed by atoms with Gasteiger partial charge in [0.2, 0.25) is 11.9 Å². The number of nitrogens with two attached hydrogens (primary N) is 1. The fraction of sp³-hybridized carbons (Fsp3) is 0.455. The summed E-state index contributed by atoms with van der Waals surface area (Å²) in [7, 11) is 0. The van der Waals surface area contributed by atoms with Crippen molar-refractivity contribution in [2.24, 2.45) is 5.84 Å². The maximum absolute atomic E-state index is 10.1. The van der Waals surface area contributed by atoms with Crippen molar-refractivity contribution in [3.05, 3.63) is 18.5 Å². The lowest BCUT2D eigenvalue weighted by Gasteiger charge is -2.36. The molecule has 0 aromatic carbocycles. The smallest absolute Gasteiger partial charge is 0.257 e. The fourth-order valence-electron chi connectivity index (χ4n) is 2.00. The number of hydrazine groups is 1. The molecule has 0 bridgehead atoms. The number of rotatable bonds is 5. The summed E-state index contributed by atoms with van der Waals surface area (Å²) >= 11 is 0. The fourth-order valence-corrected chi connectivity index (χ4v) is 2.00.